The zero-order valence-corrected chi connectivity index (χ0v) is 10.5. The quantitative estimate of drug-likeness (QED) is 0.730. The number of nitriles is 1. The third kappa shape index (κ3) is 2.58. The van der Waals surface area contributed by atoms with Crippen LogP contribution in [-0.2, 0) is 0 Å². The van der Waals surface area contributed by atoms with Crippen molar-refractivity contribution in [1.82, 2.24) is 4.90 Å². The van der Waals surface area contributed by atoms with Crippen LogP contribution in [0.3, 0.4) is 0 Å². The first-order valence-corrected chi connectivity index (χ1v) is 6.98. The van der Waals surface area contributed by atoms with Crippen LogP contribution in [0.1, 0.15) is 51.9 Å². The smallest absolute Gasteiger partial charge is 0.0672 e. The molecule has 0 aromatic carbocycles. The highest BCUT2D eigenvalue weighted by molar-refractivity contribution is 4.97. The Kier molecular flexibility index (Phi) is 4.23. The van der Waals surface area contributed by atoms with E-state index >= 15 is 0 Å². The Morgan fingerprint density at radius 1 is 1.25 bits per heavy atom. The molecule has 1 saturated heterocycles. The molecule has 1 heterocycles. The number of hydrogen-bond acceptors (Lipinski definition) is 2. The zero-order valence-electron chi connectivity index (χ0n) is 10.5. The lowest BCUT2D eigenvalue weighted by atomic mass is 9.84. The van der Waals surface area contributed by atoms with Crippen molar-refractivity contribution in [2.45, 2.75) is 57.9 Å². The second kappa shape index (κ2) is 5.68. The predicted molar refractivity (Wildman–Crippen MR) is 65.9 cm³/mol. The summed E-state index contributed by atoms with van der Waals surface area (Å²) >= 11 is 0. The monoisotopic (exact) mass is 220 g/mol. The molecule has 3 atom stereocenters. The SMILES string of the molecule is CCCC1CCN(C2CCCCC2C#N)C1. The van der Waals surface area contributed by atoms with Gasteiger partial charge in [0.2, 0.25) is 0 Å². The summed E-state index contributed by atoms with van der Waals surface area (Å²) in [4.78, 5) is 2.62. The Hall–Kier alpha value is -0.550. The summed E-state index contributed by atoms with van der Waals surface area (Å²) in [5.41, 5.74) is 0. The topological polar surface area (TPSA) is 27.0 Å². The highest BCUT2D eigenvalue weighted by Gasteiger charge is 2.34. The van der Waals surface area contributed by atoms with Crippen LogP contribution in [0.25, 0.3) is 0 Å². The summed E-state index contributed by atoms with van der Waals surface area (Å²) in [5, 5.41) is 9.21. The molecule has 0 N–H and O–H groups in total. The molecule has 2 aliphatic rings. The van der Waals surface area contributed by atoms with Gasteiger partial charge in [-0.3, -0.25) is 4.90 Å². The molecular weight excluding hydrogens is 196 g/mol. The number of likely N-dealkylation sites (tertiary alicyclic amines) is 1. The van der Waals surface area contributed by atoms with Gasteiger partial charge < -0.3 is 0 Å². The van der Waals surface area contributed by atoms with Crippen LogP contribution >= 0.6 is 0 Å². The van der Waals surface area contributed by atoms with E-state index in [1.165, 1.54) is 51.6 Å². The van der Waals surface area contributed by atoms with E-state index < -0.39 is 0 Å². The van der Waals surface area contributed by atoms with Crippen LogP contribution in [0, 0.1) is 23.2 Å². The maximum atomic E-state index is 9.21. The van der Waals surface area contributed by atoms with Gasteiger partial charge in [0.15, 0.2) is 0 Å². The maximum absolute atomic E-state index is 9.21. The second-order valence-corrected chi connectivity index (χ2v) is 5.53. The van der Waals surface area contributed by atoms with Crippen molar-refractivity contribution in [1.29, 1.82) is 5.26 Å². The Labute approximate surface area is 99.6 Å². The molecule has 0 bridgehead atoms. The van der Waals surface area contributed by atoms with Crippen LogP contribution < -0.4 is 0 Å². The summed E-state index contributed by atoms with van der Waals surface area (Å²) < 4.78 is 0. The minimum Gasteiger partial charge on any atom is -0.299 e. The van der Waals surface area contributed by atoms with Crippen molar-refractivity contribution in [3.05, 3.63) is 0 Å². The minimum atomic E-state index is 0.314. The summed E-state index contributed by atoms with van der Waals surface area (Å²) in [6.45, 7) is 4.78. The molecule has 1 saturated carbocycles. The van der Waals surface area contributed by atoms with E-state index in [0.29, 0.717) is 12.0 Å². The van der Waals surface area contributed by atoms with Crippen molar-refractivity contribution in [2.24, 2.45) is 11.8 Å². The summed E-state index contributed by atoms with van der Waals surface area (Å²) in [6.07, 6.45) is 9.04. The van der Waals surface area contributed by atoms with E-state index in [0.717, 1.165) is 12.3 Å². The van der Waals surface area contributed by atoms with E-state index in [4.69, 9.17) is 0 Å². The fourth-order valence-corrected chi connectivity index (χ4v) is 3.51. The molecule has 2 fully saturated rings. The second-order valence-electron chi connectivity index (χ2n) is 5.53. The molecule has 2 heteroatoms. The summed E-state index contributed by atoms with van der Waals surface area (Å²) in [5.74, 6) is 1.22. The molecule has 0 spiro atoms. The van der Waals surface area contributed by atoms with Gasteiger partial charge in [0.25, 0.3) is 0 Å². The van der Waals surface area contributed by atoms with Gasteiger partial charge in [-0.25, -0.2) is 0 Å². The van der Waals surface area contributed by atoms with Gasteiger partial charge in [0, 0.05) is 12.6 Å². The van der Waals surface area contributed by atoms with E-state index in [-0.39, 0.29) is 0 Å². The Bertz CT molecular complexity index is 256. The van der Waals surface area contributed by atoms with E-state index in [1.807, 2.05) is 0 Å². The number of nitrogens with zero attached hydrogens (tertiary/aromatic N) is 2. The van der Waals surface area contributed by atoms with Gasteiger partial charge in [-0.2, -0.15) is 5.26 Å². The third-order valence-corrected chi connectivity index (χ3v) is 4.38. The lowest BCUT2D eigenvalue weighted by molar-refractivity contribution is 0.151. The molecular formula is C14H24N2. The normalized spacial score (nSPS) is 36.1. The fourth-order valence-electron chi connectivity index (χ4n) is 3.51. The standard InChI is InChI=1S/C14H24N2/c1-2-5-12-8-9-16(11-12)14-7-4-3-6-13(14)10-15/h12-14H,2-9,11H2,1H3. The summed E-state index contributed by atoms with van der Waals surface area (Å²) in [6, 6.07) is 3.12. The van der Waals surface area contributed by atoms with Gasteiger partial charge in [-0.05, 0) is 38.1 Å². The van der Waals surface area contributed by atoms with Gasteiger partial charge in [-0.1, -0.05) is 26.2 Å². The lowest BCUT2D eigenvalue weighted by Crippen LogP contribution is -2.40. The van der Waals surface area contributed by atoms with Crippen molar-refractivity contribution < 1.29 is 0 Å². The molecule has 2 nitrogen and oxygen atoms in total. The Morgan fingerprint density at radius 3 is 2.81 bits per heavy atom. The largest absolute Gasteiger partial charge is 0.299 e. The molecule has 2 rings (SSSR count). The molecule has 0 aromatic rings. The third-order valence-electron chi connectivity index (χ3n) is 4.38. The fraction of sp³-hybridized carbons (Fsp3) is 0.929. The summed E-state index contributed by atoms with van der Waals surface area (Å²) in [7, 11) is 0. The van der Waals surface area contributed by atoms with Gasteiger partial charge in [0.05, 0.1) is 12.0 Å². The van der Waals surface area contributed by atoms with Gasteiger partial charge in [0.1, 0.15) is 0 Å². The Morgan fingerprint density at radius 2 is 2.06 bits per heavy atom. The van der Waals surface area contributed by atoms with Crippen LogP contribution in [0.4, 0.5) is 0 Å². The van der Waals surface area contributed by atoms with Crippen LogP contribution in [0.15, 0.2) is 0 Å². The highest BCUT2D eigenvalue weighted by atomic mass is 15.2. The predicted octanol–water partition coefficient (Wildman–Crippen LogP) is 3.19. The molecule has 16 heavy (non-hydrogen) atoms. The van der Waals surface area contributed by atoms with Crippen molar-refractivity contribution in [2.75, 3.05) is 13.1 Å². The van der Waals surface area contributed by atoms with E-state index in [1.54, 1.807) is 0 Å². The highest BCUT2D eigenvalue weighted by Crippen LogP contribution is 2.32. The Balaban J connectivity index is 1.89. The first-order chi connectivity index (χ1) is 7.85. The van der Waals surface area contributed by atoms with Gasteiger partial charge >= 0.3 is 0 Å². The van der Waals surface area contributed by atoms with Gasteiger partial charge in [-0.15, -0.1) is 0 Å². The average molecular weight is 220 g/mol. The zero-order chi connectivity index (χ0) is 11.4. The molecule has 90 valence electrons. The van der Waals surface area contributed by atoms with Crippen molar-refractivity contribution in [3.8, 4) is 6.07 Å². The molecule has 0 aromatic heterocycles. The molecule has 0 radical (unpaired) electrons. The molecule has 0 amide bonds. The minimum absolute atomic E-state index is 0.314. The van der Waals surface area contributed by atoms with Crippen LogP contribution in [0.2, 0.25) is 0 Å². The van der Waals surface area contributed by atoms with Crippen molar-refractivity contribution >= 4 is 0 Å². The molecule has 1 aliphatic heterocycles. The first-order valence-electron chi connectivity index (χ1n) is 6.98. The lowest BCUT2D eigenvalue weighted by Gasteiger charge is -2.34. The van der Waals surface area contributed by atoms with Crippen LogP contribution in [-0.4, -0.2) is 24.0 Å². The first kappa shape index (κ1) is 11.9. The van der Waals surface area contributed by atoms with Crippen molar-refractivity contribution in [3.63, 3.8) is 0 Å². The van der Waals surface area contributed by atoms with E-state index in [2.05, 4.69) is 17.9 Å². The average Bonchev–Trinajstić information content (AvgIpc) is 2.78. The van der Waals surface area contributed by atoms with Crippen LogP contribution in [0.5, 0.6) is 0 Å². The number of rotatable bonds is 3. The maximum Gasteiger partial charge on any atom is 0.0672 e. The molecule has 1 aliphatic carbocycles. The van der Waals surface area contributed by atoms with E-state index in [9.17, 15) is 5.26 Å². The number of hydrogen-bond donors (Lipinski definition) is 0. The molecule has 3 unspecified atom stereocenters.